The van der Waals surface area contributed by atoms with Gasteiger partial charge < -0.3 is 10.6 Å². The van der Waals surface area contributed by atoms with Crippen molar-refractivity contribution in [2.45, 2.75) is 12.8 Å². The van der Waals surface area contributed by atoms with Crippen molar-refractivity contribution in [1.82, 2.24) is 5.32 Å². The fourth-order valence-electron chi connectivity index (χ4n) is 1.50. The molecule has 5 heteroatoms. The molecule has 2 N–H and O–H groups in total. The standard InChI is InChI=1S/C12H14BrClN2O/c13-10-4-3-9(14)5-11(10)16-12(17)7-15-6-8-1-2-8/h3-5,8,15H,1-2,6-7H2,(H,16,17). The van der Waals surface area contributed by atoms with E-state index in [0.29, 0.717) is 17.3 Å². The van der Waals surface area contributed by atoms with E-state index in [0.717, 1.165) is 16.9 Å². The Hall–Kier alpha value is -0.580. The second-order valence-electron chi connectivity index (χ2n) is 4.25. The zero-order chi connectivity index (χ0) is 12.3. The number of amides is 1. The van der Waals surface area contributed by atoms with Crippen LogP contribution < -0.4 is 10.6 Å². The average molecular weight is 318 g/mol. The number of anilines is 1. The number of hydrogen-bond donors (Lipinski definition) is 2. The third-order valence-electron chi connectivity index (χ3n) is 2.62. The average Bonchev–Trinajstić information content (AvgIpc) is 3.07. The number of carbonyl (C=O) groups excluding carboxylic acids is 1. The normalized spacial score (nSPS) is 14.7. The number of hydrogen-bond acceptors (Lipinski definition) is 2. The Morgan fingerprint density at radius 1 is 1.47 bits per heavy atom. The van der Waals surface area contributed by atoms with Crippen molar-refractivity contribution >= 4 is 39.1 Å². The molecule has 2 rings (SSSR count). The highest BCUT2D eigenvalue weighted by Gasteiger charge is 2.20. The molecule has 17 heavy (non-hydrogen) atoms. The third-order valence-corrected chi connectivity index (χ3v) is 3.54. The topological polar surface area (TPSA) is 41.1 Å². The molecule has 0 bridgehead atoms. The minimum Gasteiger partial charge on any atom is -0.324 e. The molecule has 1 fully saturated rings. The smallest absolute Gasteiger partial charge is 0.238 e. The summed E-state index contributed by atoms with van der Waals surface area (Å²) < 4.78 is 0.831. The minimum atomic E-state index is -0.0476. The van der Waals surface area contributed by atoms with Crippen LogP contribution in [0.2, 0.25) is 5.02 Å². The molecular formula is C12H14BrClN2O. The van der Waals surface area contributed by atoms with Crippen LogP contribution in [0.25, 0.3) is 0 Å². The highest BCUT2D eigenvalue weighted by molar-refractivity contribution is 9.10. The van der Waals surface area contributed by atoms with E-state index in [1.165, 1.54) is 12.8 Å². The number of nitrogens with one attached hydrogen (secondary N) is 2. The van der Waals surface area contributed by atoms with Crippen molar-refractivity contribution < 1.29 is 4.79 Å². The molecule has 1 aromatic carbocycles. The Kier molecular flexibility index (Phi) is 4.42. The predicted octanol–water partition coefficient (Wildman–Crippen LogP) is 3.04. The number of halogens is 2. The van der Waals surface area contributed by atoms with Gasteiger partial charge >= 0.3 is 0 Å². The van der Waals surface area contributed by atoms with Gasteiger partial charge in [0.1, 0.15) is 0 Å². The minimum absolute atomic E-state index is 0.0476. The Balaban J connectivity index is 1.81. The van der Waals surface area contributed by atoms with E-state index < -0.39 is 0 Å². The molecule has 0 atom stereocenters. The van der Waals surface area contributed by atoms with Crippen LogP contribution in [-0.2, 0) is 4.79 Å². The molecule has 0 spiro atoms. The van der Waals surface area contributed by atoms with E-state index in [4.69, 9.17) is 11.6 Å². The largest absolute Gasteiger partial charge is 0.324 e. The Bertz CT molecular complexity index is 421. The summed E-state index contributed by atoms with van der Waals surface area (Å²) in [6.45, 7) is 1.28. The van der Waals surface area contributed by atoms with Crippen LogP contribution in [0.15, 0.2) is 22.7 Å². The van der Waals surface area contributed by atoms with Crippen molar-refractivity contribution in [1.29, 1.82) is 0 Å². The first kappa shape index (κ1) is 12.9. The maximum Gasteiger partial charge on any atom is 0.238 e. The van der Waals surface area contributed by atoms with Crippen molar-refractivity contribution in [2.24, 2.45) is 5.92 Å². The van der Waals surface area contributed by atoms with E-state index >= 15 is 0 Å². The molecule has 0 aliphatic heterocycles. The van der Waals surface area contributed by atoms with Gasteiger partial charge in [-0.2, -0.15) is 0 Å². The van der Waals surface area contributed by atoms with Gasteiger partial charge in [0.15, 0.2) is 0 Å². The maximum absolute atomic E-state index is 11.6. The molecule has 0 unspecified atom stereocenters. The van der Waals surface area contributed by atoms with E-state index in [9.17, 15) is 4.79 Å². The molecule has 0 radical (unpaired) electrons. The predicted molar refractivity (Wildman–Crippen MR) is 73.4 cm³/mol. The second kappa shape index (κ2) is 5.85. The Morgan fingerprint density at radius 2 is 2.24 bits per heavy atom. The van der Waals surface area contributed by atoms with Gasteiger partial charge in [0, 0.05) is 9.50 Å². The summed E-state index contributed by atoms with van der Waals surface area (Å²) in [5.74, 6) is 0.731. The summed E-state index contributed by atoms with van der Waals surface area (Å²) in [5.41, 5.74) is 0.704. The van der Waals surface area contributed by atoms with E-state index in [-0.39, 0.29) is 5.91 Å². The van der Waals surface area contributed by atoms with E-state index in [1.54, 1.807) is 12.1 Å². The van der Waals surface area contributed by atoms with Gasteiger partial charge in [-0.15, -0.1) is 0 Å². The summed E-state index contributed by atoms with van der Waals surface area (Å²) >= 11 is 9.23. The zero-order valence-electron chi connectivity index (χ0n) is 9.30. The van der Waals surface area contributed by atoms with Crippen molar-refractivity contribution in [3.8, 4) is 0 Å². The van der Waals surface area contributed by atoms with Gasteiger partial charge in [-0.3, -0.25) is 4.79 Å². The zero-order valence-corrected chi connectivity index (χ0v) is 11.6. The van der Waals surface area contributed by atoms with Crippen LogP contribution in [-0.4, -0.2) is 19.0 Å². The molecule has 0 heterocycles. The van der Waals surface area contributed by atoms with Crippen LogP contribution in [0.4, 0.5) is 5.69 Å². The lowest BCUT2D eigenvalue weighted by molar-refractivity contribution is -0.115. The molecule has 1 aliphatic carbocycles. The summed E-state index contributed by atoms with van der Waals surface area (Å²) in [5, 5.41) is 6.56. The third kappa shape index (κ3) is 4.30. The molecule has 3 nitrogen and oxygen atoms in total. The molecule has 1 aromatic rings. The first-order chi connectivity index (χ1) is 8.15. The fourth-order valence-corrected chi connectivity index (χ4v) is 2.02. The van der Waals surface area contributed by atoms with Crippen molar-refractivity contribution in [3.05, 3.63) is 27.7 Å². The number of benzene rings is 1. The fraction of sp³-hybridized carbons (Fsp3) is 0.417. The molecule has 0 saturated heterocycles. The SMILES string of the molecule is O=C(CNCC1CC1)Nc1cc(Cl)ccc1Br. The Labute approximate surface area is 114 Å². The van der Waals surface area contributed by atoms with Crippen LogP contribution in [0.5, 0.6) is 0 Å². The van der Waals surface area contributed by atoms with Crippen molar-refractivity contribution in [3.63, 3.8) is 0 Å². The quantitative estimate of drug-likeness (QED) is 0.876. The van der Waals surface area contributed by atoms with E-state index in [1.807, 2.05) is 6.07 Å². The monoisotopic (exact) mass is 316 g/mol. The van der Waals surface area contributed by atoms with Crippen LogP contribution >= 0.6 is 27.5 Å². The van der Waals surface area contributed by atoms with E-state index in [2.05, 4.69) is 26.6 Å². The summed E-state index contributed by atoms with van der Waals surface area (Å²) in [7, 11) is 0. The maximum atomic E-state index is 11.6. The highest BCUT2D eigenvalue weighted by atomic mass is 79.9. The van der Waals surface area contributed by atoms with Crippen LogP contribution in [0.1, 0.15) is 12.8 Å². The lowest BCUT2D eigenvalue weighted by Gasteiger charge is -2.08. The first-order valence-electron chi connectivity index (χ1n) is 5.61. The molecule has 92 valence electrons. The summed E-state index contributed by atoms with van der Waals surface area (Å²) in [4.78, 5) is 11.6. The van der Waals surface area contributed by atoms with Crippen molar-refractivity contribution in [2.75, 3.05) is 18.4 Å². The van der Waals surface area contributed by atoms with Crippen LogP contribution in [0.3, 0.4) is 0 Å². The van der Waals surface area contributed by atoms with Gasteiger partial charge in [-0.05, 0) is 59.4 Å². The molecular weight excluding hydrogens is 304 g/mol. The number of carbonyl (C=O) groups is 1. The van der Waals surface area contributed by atoms with Gasteiger partial charge in [-0.25, -0.2) is 0 Å². The summed E-state index contributed by atoms with van der Waals surface area (Å²) in [6.07, 6.45) is 2.57. The van der Waals surface area contributed by atoms with Gasteiger partial charge in [-0.1, -0.05) is 11.6 Å². The highest BCUT2D eigenvalue weighted by Crippen LogP contribution is 2.27. The second-order valence-corrected chi connectivity index (χ2v) is 5.54. The molecule has 0 aromatic heterocycles. The van der Waals surface area contributed by atoms with Crippen LogP contribution in [0, 0.1) is 5.92 Å². The molecule has 1 amide bonds. The van der Waals surface area contributed by atoms with Gasteiger partial charge in [0.05, 0.1) is 12.2 Å². The first-order valence-corrected chi connectivity index (χ1v) is 6.78. The lowest BCUT2D eigenvalue weighted by Crippen LogP contribution is -2.29. The molecule has 1 saturated carbocycles. The molecule has 1 aliphatic rings. The van der Waals surface area contributed by atoms with Gasteiger partial charge in [0.25, 0.3) is 0 Å². The van der Waals surface area contributed by atoms with Gasteiger partial charge in [0.2, 0.25) is 5.91 Å². The number of rotatable bonds is 5. The lowest BCUT2D eigenvalue weighted by atomic mass is 10.3. The Morgan fingerprint density at radius 3 is 2.94 bits per heavy atom. The summed E-state index contributed by atoms with van der Waals surface area (Å²) in [6, 6.07) is 5.31.